The molecule has 0 radical (unpaired) electrons. The molecule has 5 nitrogen and oxygen atoms in total. The maximum atomic E-state index is 12.7. The lowest BCUT2D eigenvalue weighted by molar-refractivity contribution is 0.460. The summed E-state index contributed by atoms with van der Waals surface area (Å²) in [5.74, 6) is 0. The van der Waals surface area contributed by atoms with Crippen molar-refractivity contribution < 1.29 is 8.42 Å². The number of likely N-dealkylation sites (N-methyl/N-ethyl adjacent to an activating group) is 1. The second-order valence-electron chi connectivity index (χ2n) is 4.30. The topological polar surface area (TPSA) is 76.3 Å². The molecule has 0 fully saturated rings. The monoisotopic (exact) mass is 291 g/mol. The smallest absolute Gasteiger partial charge is 0.245 e. The lowest BCUT2D eigenvalue weighted by atomic mass is 10.2. The van der Waals surface area contributed by atoms with E-state index < -0.39 is 10.0 Å². The molecule has 20 heavy (non-hydrogen) atoms. The fraction of sp³-hybridized carbons (Fsp3) is 0.214. The molecule has 106 valence electrons. The van der Waals surface area contributed by atoms with E-state index in [1.165, 1.54) is 10.4 Å². The van der Waals surface area contributed by atoms with Crippen molar-refractivity contribution in [2.75, 3.05) is 18.8 Å². The summed E-state index contributed by atoms with van der Waals surface area (Å²) in [5, 5.41) is 0.642. The van der Waals surface area contributed by atoms with Crippen LogP contribution in [0.1, 0.15) is 6.92 Å². The number of fused-ring (bicyclic) bond motifs is 1. The number of hydrogen-bond donors (Lipinski definition) is 1. The SMILES string of the molecule is C=CCN(CC)S(=O)(=O)c1ccc(N)c2cccnc12. The van der Waals surface area contributed by atoms with Gasteiger partial charge in [-0.3, -0.25) is 4.98 Å². The Labute approximate surface area is 118 Å². The van der Waals surface area contributed by atoms with E-state index in [4.69, 9.17) is 5.73 Å². The van der Waals surface area contributed by atoms with Crippen LogP contribution in [-0.2, 0) is 10.0 Å². The van der Waals surface area contributed by atoms with Gasteiger partial charge in [0.15, 0.2) is 0 Å². The first-order chi connectivity index (χ1) is 9.52. The zero-order chi connectivity index (χ0) is 14.8. The molecule has 0 saturated heterocycles. The largest absolute Gasteiger partial charge is 0.398 e. The molecule has 0 amide bonds. The summed E-state index contributed by atoms with van der Waals surface area (Å²) in [5.41, 5.74) is 6.78. The van der Waals surface area contributed by atoms with E-state index in [1.807, 2.05) is 0 Å². The van der Waals surface area contributed by atoms with Crippen LogP contribution in [0.4, 0.5) is 5.69 Å². The molecule has 1 aromatic carbocycles. The number of anilines is 1. The molecule has 0 saturated carbocycles. The minimum atomic E-state index is -3.61. The Morgan fingerprint density at radius 1 is 1.40 bits per heavy atom. The zero-order valence-corrected chi connectivity index (χ0v) is 12.1. The molecule has 2 aromatic rings. The van der Waals surface area contributed by atoms with Gasteiger partial charge in [-0.25, -0.2) is 8.42 Å². The summed E-state index contributed by atoms with van der Waals surface area (Å²) < 4.78 is 26.7. The second-order valence-corrected chi connectivity index (χ2v) is 6.20. The highest BCUT2D eigenvalue weighted by molar-refractivity contribution is 7.89. The number of hydrogen-bond acceptors (Lipinski definition) is 4. The number of pyridine rings is 1. The number of nitrogens with zero attached hydrogens (tertiary/aromatic N) is 2. The van der Waals surface area contributed by atoms with E-state index in [9.17, 15) is 8.42 Å². The average Bonchev–Trinajstić information content (AvgIpc) is 2.45. The molecule has 2 N–H and O–H groups in total. The normalized spacial score (nSPS) is 11.9. The standard InChI is InChI=1S/C14H17N3O2S/c1-3-10-17(4-2)20(18,19)13-8-7-12(15)11-6-5-9-16-14(11)13/h3,5-9H,1,4,10,15H2,2H3. The molecule has 0 aliphatic carbocycles. The molecule has 0 bridgehead atoms. The molecular formula is C14H17N3O2S. The van der Waals surface area contributed by atoms with Gasteiger partial charge in [-0.15, -0.1) is 6.58 Å². The molecular weight excluding hydrogens is 274 g/mol. The highest BCUT2D eigenvalue weighted by atomic mass is 32.2. The van der Waals surface area contributed by atoms with Gasteiger partial charge >= 0.3 is 0 Å². The molecule has 1 aromatic heterocycles. The summed E-state index contributed by atoms with van der Waals surface area (Å²) >= 11 is 0. The molecule has 2 rings (SSSR count). The first-order valence-electron chi connectivity index (χ1n) is 6.26. The number of benzene rings is 1. The molecule has 0 atom stereocenters. The summed E-state index contributed by atoms with van der Waals surface area (Å²) in [6.07, 6.45) is 3.12. The van der Waals surface area contributed by atoms with Crippen molar-refractivity contribution in [2.45, 2.75) is 11.8 Å². The van der Waals surface area contributed by atoms with Crippen LogP contribution in [0.25, 0.3) is 10.9 Å². The van der Waals surface area contributed by atoms with Crippen LogP contribution in [0.3, 0.4) is 0 Å². The van der Waals surface area contributed by atoms with E-state index in [2.05, 4.69) is 11.6 Å². The fourth-order valence-corrected chi connectivity index (χ4v) is 3.62. The van der Waals surface area contributed by atoms with Crippen LogP contribution < -0.4 is 5.73 Å². The van der Waals surface area contributed by atoms with Crippen LogP contribution in [-0.4, -0.2) is 30.8 Å². The molecule has 0 unspecified atom stereocenters. The Hall–Kier alpha value is -1.92. The van der Waals surface area contributed by atoms with Crippen molar-refractivity contribution in [1.29, 1.82) is 0 Å². The van der Waals surface area contributed by atoms with E-state index >= 15 is 0 Å². The van der Waals surface area contributed by atoms with Crippen LogP contribution >= 0.6 is 0 Å². The van der Waals surface area contributed by atoms with Gasteiger partial charge < -0.3 is 5.73 Å². The number of nitrogens with two attached hydrogens (primary N) is 1. The Morgan fingerprint density at radius 2 is 2.15 bits per heavy atom. The number of nitrogen functional groups attached to an aromatic ring is 1. The third-order valence-corrected chi connectivity index (χ3v) is 5.04. The van der Waals surface area contributed by atoms with E-state index in [0.717, 1.165) is 0 Å². The summed E-state index contributed by atoms with van der Waals surface area (Å²) in [6.45, 7) is 6.01. The average molecular weight is 291 g/mol. The van der Waals surface area contributed by atoms with Gasteiger partial charge in [0.05, 0.1) is 5.52 Å². The number of aromatic nitrogens is 1. The van der Waals surface area contributed by atoms with Gasteiger partial charge in [-0.2, -0.15) is 4.31 Å². The Bertz CT molecular complexity index is 741. The predicted molar refractivity (Wildman–Crippen MR) is 80.8 cm³/mol. The Morgan fingerprint density at radius 3 is 2.80 bits per heavy atom. The van der Waals surface area contributed by atoms with Crippen molar-refractivity contribution in [2.24, 2.45) is 0 Å². The third-order valence-electron chi connectivity index (χ3n) is 3.07. The first kappa shape index (κ1) is 14.5. The minimum absolute atomic E-state index is 0.172. The molecule has 0 aliphatic rings. The summed E-state index contributed by atoms with van der Waals surface area (Å²) in [6, 6.07) is 6.60. The van der Waals surface area contributed by atoms with Crippen LogP contribution in [0.5, 0.6) is 0 Å². The fourth-order valence-electron chi connectivity index (χ4n) is 2.06. The van der Waals surface area contributed by atoms with Gasteiger partial charge in [0.2, 0.25) is 10.0 Å². The van der Waals surface area contributed by atoms with E-state index in [0.29, 0.717) is 23.1 Å². The maximum Gasteiger partial charge on any atom is 0.245 e. The molecule has 6 heteroatoms. The van der Waals surface area contributed by atoms with Crippen LogP contribution in [0, 0.1) is 0 Å². The quantitative estimate of drug-likeness (QED) is 0.675. The molecule has 0 aliphatic heterocycles. The lowest BCUT2D eigenvalue weighted by Gasteiger charge is -2.19. The molecule has 0 spiro atoms. The minimum Gasteiger partial charge on any atom is -0.398 e. The van der Waals surface area contributed by atoms with Crippen molar-refractivity contribution in [3.63, 3.8) is 0 Å². The Balaban J connectivity index is 2.69. The summed E-state index contributed by atoms with van der Waals surface area (Å²) in [4.78, 5) is 4.35. The number of sulfonamides is 1. The summed E-state index contributed by atoms with van der Waals surface area (Å²) in [7, 11) is -3.61. The van der Waals surface area contributed by atoms with Crippen molar-refractivity contribution in [3.05, 3.63) is 43.1 Å². The van der Waals surface area contributed by atoms with Gasteiger partial charge in [0.25, 0.3) is 0 Å². The van der Waals surface area contributed by atoms with Gasteiger partial charge in [-0.1, -0.05) is 13.0 Å². The predicted octanol–water partition coefficient (Wildman–Crippen LogP) is 2.01. The van der Waals surface area contributed by atoms with E-state index in [1.54, 1.807) is 37.4 Å². The van der Waals surface area contributed by atoms with Crippen molar-refractivity contribution in [3.8, 4) is 0 Å². The van der Waals surface area contributed by atoms with E-state index in [-0.39, 0.29) is 11.4 Å². The first-order valence-corrected chi connectivity index (χ1v) is 7.70. The second kappa shape index (κ2) is 5.60. The Kier molecular flexibility index (Phi) is 4.06. The zero-order valence-electron chi connectivity index (χ0n) is 11.3. The highest BCUT2D eigenvalue weighted by Gasteiger charge is 2.25. The lowest BCUT2D eigenvalue weighted by Crippen LogP contribution is -2.31. The van der Waals surface area contributed by atoms with Gasteiger partial charge in [-0.05, 0) is 24.3 Å². The highest BCUT2D eigenvalue weighted by Crippen LogP contribution is 2.27. The van der Waals surface area contributed by atoms with Crippen LogP contribution in [0.2, 0.25) is 0 Å². The van der Waals surface area contributed by atoms with Crippen molar-refractivity contribution >= 4 is 26.6 Å². The number of rotatable bonds is 5. The molecule has 1 heterocycles. The van der Waals surface area contributed by atoms with Crippen molar-refractivity contribution in [1.82, 2.24) is 9.29 Å². The maximum absolute atomic E-state index is 12.7. The van der Waals surface area contributed by atoms with Gasteiger partial charge in [0, 0.05) is 30.4 Å². The van der Waals surface area contributed by atoms with Crippen LogP contribution in [0.15, 0.2) is 48.0 Å². The third kappa shape index (κ3) is 2.39. The van der Waals surface area contributed by atoms with Gasteiger partial charge in [0.1, 0.15) is 4.90 Å².